The van der Waals surface area contributed by atoms with E-state index in [1.54, 1.807) is 42.6 Å². The third-order valence-electron chi connectivity index (χ3n) is 5.57. The number of aryl methyl sites for hydroxylation is 1. The molecule has 1 aliphatic rings. The normalized spacial score (nSPS) is 13.5. The zero-order valence-electron chi connectivity index (χ0n) is 18.7. The number of nitrogens with zero attached hydrogens (tertiary/aromatic N) is 2. The van der Waals surface area contributed by atoms with Crippen LogP contribution >= 0.6 is 0 Å². The van der Waals surface area contributed by atoms with Crippen molar-refractivity contribution in [1.82, 2.24) is 9.88 Å². The Kier molecular flexibility index (Phi) is 6.04. The molecule has 2 N–H and O–H groups in total. The third-order valence-corrected chi connectivity index (χ3v) is 5.57. The van der Waals surface area contributed by atoms with Crippen LogP contribution < -0.4 is 10.6 Å². The van der Waals surface area contributed by atoms with Gasteiger partial charge < -0.3 is 10.6 Å². The van der Waals surface area contributed by atoms with E-state index < -0.39 is 11.8 Å². The first-order valence-electron chi connectivity index (χ1n) is 10.6. The molecule has 0 fully saturated rings. The Balaban J connectivity index is 1.75. The van der Waals surface area contributed by atoms with Gasteiger partial charge in [0.2, 0.25) is 5.91 Å². The molecule has 3 amide bonds. The Labute approximate surface area is 192 Å². The molecule has 0 saturated heterocycles. The second kappa shape index (κ2) is 9.08. The van der Waals surface area contributed by atoms with Gasteiger partial charge in [-0.3, -0.25) is 24.3 Å². The molecule has 4 rings (SSSR count). The summed E-state index contributed by atoms with van der Waals surface area (Å²) in [4.78, 5) is 43.7. The molecule has 1 aliphatic heterocycles. The zero-order chi connectivity index (χ0) is 23.5. The zero-order valence-corrected chi connectivity index (χ0v) is 18.7. The number of hydrogen-bond donors (Lipinski definition) is 2. The average Bonchev–Trinajstić information content (AvgIpc) is 3.02. The van der Waals surface area contributed by atoms with Gasteiger partial charge in [0.05, 0.1) is 17.8 Å². The monoisotopic (exact) mass is 440 g/mol. The van der Waals surface area contributed by atoms with Crippen LogP contribution in [0.25, 0.3) is 5.57 Å². The predicted octanol–water partition coefficient (Wildman–Crippen LogP) is 4.05. The lowest BCUT2D eigenvalue weighted by Gasteiger charge is -2.15. The lowest BCUT2D eigenvalue weighted by Crippen LogP contribution is -2.32. The number of benzene rings is 2. The van der Waals surface area contributed by atoms with E-state index in [0.29, 0.717) is 16.9 Å². The molecule has 2 aromatic carbocycles. The summed E-state index contributed by atoms with van der Waals surface area (Å²) < 4.78 is 0. The SMILES string of the molecule is CC(=O)Nc1ccc(C2=C(Nc3cccc(C)c3C)C(=O)N(Cc3ccccn3)C2=O)cc1. The molecule has 3 aromatic rings. The minimum absolute atomic E-state index is 0.0734. The molecule has 0 radical (unpaired) electrons. The molecule has 0 aliphatic carbocycles. The Morgan fingerprint density at radius 3 is 2.36 bits per heavy atom. The molecule has 0 atom stereocenters. The number of carbonyl (C=O) groups excluding carboxylic acids is 3. The van der Waals surface area contributed by atoms with E-state index >= 15 is 0 Å². The van der Waals surface area contributed by atoms with Gasteiger partial charge >= 0.3 is 0 Å². The molecular weight excluding hydrogens is 416 g/mol. The number of aromatic nitrogens is 1. The van der Waals surface area contributed by atoms with Crippen molar-refractivity contribution in [2.45, 2.75) is 27.3 Å². The van der Waals surface area contributed by atoms with Gasteiger partial charge in [0.1, 0.15) is 5.70 Å². The summed E-state index contributed by atoms with van der Waals surface area (Å²) in [7, 11) is 0. The maximum atomic E-state index is 13.4. The summed E-state index contributed by atoms with van der Waals surface area (Å²) in [6, 6.07) is 18.0. The quantitative estimate of drug-likeness (QED) is 0.565. The van der Waals surface area contributed by atoms with Gasteiger partial charge in [-0.2, -0.15) is 0 Å². The van der Waals surface area contributed by atoms with Crippen molar-refractivity contribution in [2.75, 3.05) is 10.6 Å². The number of amides is 3. The van der Waals surface area contributed by atoms with Crippen molar-refractivity contribution in [3.63, 3.8) is 0 Å². The predicted molar refractivity (Wildman–Crippen MR) is 127 cm³/mol. The lowest BCUT2D eigenvalue weighted by molar-refractivity contribution is -0.137. The first kappa shape index (κ1) is 22.0. The second-order valence-corrected chi connectivity index (χ2v) is 7.90. The van der Waals surface area contributed by atoms with Crippen LogP contribution in [0, 0.1) is 13.8 Å². The molecule has 0 bridgehead atoms. The highest BCUT2D eigenvalue weighted by molar-refractivity contribution is 6.36. The fourth-order valence-electron chi connectivity index (χ4n) is 3.70. The maximum absolute atomic E-state index is 13.4. The maximum Gasteiger partial charge on any atom is 0.278 e. The summed E-state index contributed by atoms with van der Waals surface area (Å²) >= 11 is 0. The topological polar surface area (TPSA) is 91.4 Å². The minimum atomic E-state index is -0.410. The van der Waals surface area contributed by atoms with Crippen LogP contribution in [-0.4, -0.2) is 27.6 Å². The third kappa shape index (κ3) is 4.52. The van der Waals surface area contributed by atoms with Crippen LogP contribution in [0.15, 0.2) is 72.6 Å². The van der Waals surface area contributed by atoms with Crippen LogP contribution in [0.3, 0.4) is 0 Å². The fourth-order valence-corrected chi connectivity index (χ4v) is 3.70. The number of pyridine rings is 1. The molecule has 2 heterocycles. The molecule has 166 valence electrons. The Bertz CT molecular complexity index is 1260. The van der Waals surface area contributed by atoms with E-state index in [-0.39, 0.29) is 23.7 Å². The number of nitrogens with one attached hydrogen (secondary N) is 2. The first-order chi connectivity index (χ1) is 15.8. The van der Waals surface area contributed by atoms with Crippen molar-refractivity contribution >= 4 is 34.7 Å². The van der Waals surface area contributed by atoms with Gasteiger partial charge in [-0.25, -0.2) is 0 Å². The standard InChI is InChI=1S/C26H24N4O3/c1-16-7-6-9-22(17(16)2)29-24-23(19-10-12-20(13-11-19)28-18(3)31)25(32)30(26(24)33)15-21-8-4-5-14-27-21/h4-14,29H,15H2,1-3H3,(H,28,31). The highest BCUT2D eigenvalue weighted by Crippen LogP contribution is 2.33. The van der Waals surface area contributed by atoms with E-state index in [0.717, 1.165) is 16.8 Å². The van der Waals surface area contributed by atoms with Crippen molar-refractivity contribution < 1.29 is 14.4 Å². The minimum Gasteiger partial charge on any atom is -0.350 e. The van der Waals surface area contributed by atoms with Crippen LogP contribution in [-0.2, 0) is 20.9 Å². The molecule has 0 saturated carbocycles. The van der Waals surface area contributed by atoms with Gasteiger partial charge in [0.15, 0.2) is 0 Å². The highest BCUT2D eigenvalue weighted by atomic mass is 16.2. The fraction of sp³-hybridized carbons (Fsp3) is 0.154. The first-order valence-corrected chi connectivity index (χ1v) is 10.6. The summed E-state index contributed by atoms with van der Waals surface area (Å²) in [5.74, 6) is -0.994. The van der Waals surface area contributed by atoms with Crippen molar-refractivity contribution in [3.8, 4) is 0 Å². The number of imide groups is 1. The van der Waals surface area contributed by atoms with Crippen LogP contribution in [0.2, 0.25) is 0 Å². The van der Waals surface area contributed by atoms with Gasteiger partial charge in [0.25, 0.3) is 11.8 Å². The molecule has 7 heteroatoms. The lowest BCUT2D eigenvalue weighted by atomic mass is 10.0. The van der Waals surface area contributed by atoms with Crippen LogP contribution in [0.4, 0.5) is 11.4 Å². The number of anilines is 2. The Morgan fingerprint density at radius 2 is 1.70 bits per heavy atom. The summed E-state index contributed by atoms with van der Waals surface area (Å²) in [5.41, 5.74) is 5.14. The molecule has 33 heavy (non-hydrogen) atoms. The highest BCUT2D eigenvalue weighted by Gasteiger charge is 2.39. The number of rotatable bonds is 6. The smallest absolute Gasteiger partial charge is 0.278 e. The van der Waals surface area contributed by atoms with E-state index in [2.05, 4.69) is 15.6 Å². The number of carbonyl (C=O) groups is 3. The summed E-state index contributed by atoms with van der Waals surface area (Å²) in [5, 5.41) is 5.93. The van der Waals surface area contributed by atoms with E-state index in [1.165, 1.54) is 11.8 Å². The van der Waals surface area contributed by atoms with E-state index in [9.17, 15) is 14.4 Å². The number of hydrogen-bond acceptors (Lipinski definition) is 5. The summed E-state index contributed by atoms with van der Waals surface area (Å²) in [6.45, 7) is 5.46. The average molecular weight is 441 g/mol. The van der Waals surface area contributed by atoms with E-state index in [1.807, 2.05) is 38.1 Å². The Hall–Kier alpha value is -4.26. The van der Waals surface area contributed by atoms with Crippen LogP contribution in [0.1, 0.15) is 29.3 Å². The second-order valence-electron chi connectivity index (χ2n) is 7.90. The van der Waals surface area contributed by atoms with Crippen molar-refractivity contribution in [3.05, 3.63) is 94.9 Å². The molecular formula is C26H24N4O3. The molecule has 0 spiro atoms. The molecule has 7 nitrogen and oxygen atoms in total. The van der Waals surface area contributed by atoms with E-state index in [4.69, 9.17) is 0 Å². The Morgan fingerprint density at radius 1 is 0.939 bits per heavy atom. The molecule has 1 aromatic heterocycles. The largest absolute Gasteiger partial charge is 0.350 e. The van der Waals surface area contributed by atoms with Gasteiger partial charge in [-0.15, -0.1) is 0 Å². The van der Waals surface area contributed by atoms with Gasteiger partial charge in [-0.1, -0.05) is 30.3 Å². The van der Waals surface area contributed by atoms with Crippen molar-refractivity contribution in [1.29, 1.82) is 0 Å². The van der Waals surface area contributed by atoms with Crippen LogP contribution in [0.5, 0.6) is 0 Å². The summed E-state index contributed by atoms with van der Waals surface area (Å²) in [6.07, 6.45) is 1.63. The molecule has 0 unspecified atom stereocenters. The van der Waals surface area contributed by atoms with Crippen molar-refractivity contribution in [2.24, 2.45) is 0 Å². The van der Waals surface area contributed by atoms with Gasteiger partial charge in [-0.05, 0) is 60.9 Å². The van der Waals surface area contributed by atoms with Gasteiger partial charge in [0, 0.05) is 24.5 Å².